The summed E-state index contributed by atoms with van der Waals surface area (Å²) in [5.41, 5.74) is 10.2. The second-order valence-electron chi connectivity index (χ2n) is 3.90. The minimum absolute atomic E-state index is 0.279. The van der Waals surface area contributed by atoms with Gasteiger partial charge < -0.3 is 16.2 Å². The van der Waals surface area contributed by atoms with Gasteiger partial charge in [-0.1, -0.05) is 11.8 Å². The molecule has 0 aromatic carbocycles. The Hall–Kier alpha value is -1.05. The predicted molar refractivity (Wildman–Crippen MR) is 55.3 cm³/mol. The Labute approximate surface area is 85.0 Å². The fourth-order valence-corrected chi connectivity index (χ4v) is 0.715. The van der Waals surface area contributed by atoms with Gasteiger partial charge in [-0.05, 0) is 20.8 Å². The summed E-state index contributed by atoms with van der Waals surface area (Å²) in [6.07, 6.45) is 0.284. The summed E-state index contributed by atoms with van der Waals surface area (Å²) >= 11 is 0. The van der Waals surface area contributed by atoms with E-state index < -0.39 is 17.6 Å². The second kappa shape index (κ2) is 5.63. The van der Waals surface area contributed by atoms with E-state index in [1.807, 2.05) is 0 Å². The molecule has 0 radical (unpaired) electrons. The molecule has 0 aliphatic heterocycles. The molecule has 4 heteroatoms. The zero-order valence-electron chi connectivity index (χ0n) is 8.96. The molecule has 14 heavy (non-hydrogen) atoms. The number of rotatable bonds is 2. The summed E-state index contributed by atoms with van der Waals surface area (Å²) < 4.78 is 5.07. The summed E-state index contributed by atoms with van der Waals surface area (Å²) in [4.78, 5) is 11.3. The normalized spacial score (nSPS) is 12.6. The van der Waals surface area contributed by atoms with Gasteiger partial charge in [0.05, 0.1) is 6.54 Å². The molecule has 0 saturated carbocycles. The quantitative estimate of drug-likeness (QED) is 0.484. The van der Waals surface area contributed by atoms with Gasteiger partial charge in [-0.3, -0.25) is 4.79 Å². The first-order valence-electron chi connectivity index (χ1n) is 4.51. The summed E-state index contributed by atoms with van der Waals surface area (Å²) in [5, 5.41) is 0. The fourth-order valence-electron chi connectivity index (χ4n) is 0.715. The lowest BCUT2D eigenvalue weighted by Crippen LogP contribution is -2.37. The lowest BCUT2D eigenvalue weighted by atomic mass is 10.1. The van der Waals surface area contributed by atoms with Crippen LogP contribution in [0.25, 0.3) is 0 Å². The number of carbonyl (C=O) groups excluding carboxylic acids is 1. The molecule has 0 aliphatic rings. The molecule has 0 aliphatic carbocycles. The van der Waals surface area contributed by atoms with E-state index in [4.69, 9.17) is 16.2 Å². The van der Waals surface area contributed by atoms with Crippen LogP contribution in [0.5, 0.6) is 0 Å². The number of esters is 1. The van der Waals surface area contributed by atoms with Crippen LogP contribution in [0.1, 0.15) is 27.2 Å². The molecule has 0 bridgehead atoms. The van der Waals surface area contributed by atoms with Gasteiger partial charge in [-0.2, -0.15) is 0 Å². The van der Waals surface area contributed by atoms with E-state index in [1.54, 1.807) is 20.8 Å². The van der Waals surface area contributed by atoms with Gasteiger partial charge in [0.2, 0.25) is 0 Å². The van der Waals surface area contributed by atoms with E-state index in [2.05, 4.69) is 11.8 Å². The van der Waals surface area contributed by atoms with E-state index in [9.17, 15) is 4.79 Å². The van der Waals surface area contributed by atoms with Crippen molar-refractivity contribution in [2.24, 2.45) is 11.5 Å². The van der Waals surface area contributed by atoms with Crippen LogP contribution in [0.3, 0.4) is 0 Å². The third-order valence-corrected chi connectivity index (χ3v) is 1.26. The van der Waals surface area contributed by atoms with Gasteiger partial charge in [0.15, 0.2) is 0 Å². The highest BCUT2D eigenvalue weighted by Gasteiger charge is 2.21. The molecule has 0 fully saturated rings. The van der Waals surface area contributed by atoms with Gasteiger partial charge in [0, 0.05) is 6.42 Å². The third kappa shape index (κ3) is 6.46. The molecule has 80 valence electrons. The van der Waals surface area contributed by atoms with Gasteiger partial charge >= 0.3 is 5.97 Å². The molecular formula is C10H18N2O2. The van der Waals surface area contributed by atoms with E-state index in [1.165, 1.54) is 0 Å². The van der Waals surface area contributed by atoms with Gasteiger partial charge in [-0.15, -0.1) is 0 Å². The standard InChI is InChI=1S/C10H18N2O2/c1-10(2,3)14-9(13)8(12)6-4-5-7-11/h8H,6-7,11-12H2,1-3H3. The molecule has 1 unspecified atom stereocenters. The Morgan fingerprint density at radius 2 is 2.00 bits per heavy atom. The maximum atomic E-state index is 11.3. The average molecular weight is 198 g/mol. The molecule has 1 atom stereocenters. The summed E-state index contributed by atoms with van der Waals surface area (Å²) in [5.74, 6) is 4.91. The topological polar surface area (TPSA) is 78.3 Å². The Kier molecular flexibility index (Phi) is 5.21. The zero-order chi connectivity index (χ0) is 11.2. The highest BCUT2D eigenvalue weighted by atomic mass is 16.6. The second-order valence-corrected chi connectivity index (χ2v) is 3.90. The fraction of sp³-hybridized carbons (Fsp3) is 0.700. The van der Waals surface area contributed by atoms with Gasteiger partial charge in [0.1, 0.15) is 11.6 Å². The van der Waals surface area contributed by atoms with Crippen LogP contribution in [0.15, 0.2) is 0 Å². The van der Waals surface area contributed by atoms with Crippen molar-refractivity contribution in [3.8, 4) is 11.8 Å². The lowest BCUT2D eigenvalue weighted by Gasteiger charge is -2.21. The van der Waals surface area contributed by atoms with Crippen molar-refractivity contribution in [3.63, 3.8) is 0 Å². The number of hydrogen-bond donors (Lipinski definition) is 2. The van der Waals surface area contributed by atoms with Gasteiger partial charge in [0.25, 0.3) is 0 Å². The Morgan fingerprint density at radius 3 is 2.43 bits per heavy atom. The van der Waals surface area contributed by atoms with Crippen molar-refractivity contribution in [1.82, 2.24) is 0 Å². The van der Waals surface area contributed by atoms with Crippen LogP contribution in [0.2, 0.25) is 0 Å². The number of hydrogen-bond acceptors (Lipinski definition) is 4. The smallest absolute Gasteiger partial charge is 0.324 e. The number of nitrogens with two attached hydrogens (primary N) is 2. The largest absolute Gasteiger partial charge is 0.459 e. The minimum atomic E-state index is -0.687. The van der Waals surface area contributed by atoms with Crippen LogP contribution >= 0.6 is 0 Å². The molecule has 0 aromatic rings. The molecule has 0 rings (SSSR count). The Morgan fingerprint density at radius 1 is 1.43 bits per heavy atom. The van der Waals surface area contributed by atoms with Crippen LogP contribution in [0.4, 0.5) is 0 Å². The molecule has 0 heterocycles. The van der Waals surface area contributed by atoms with Crippen molar-refractivity contribution in [1.29, 1.82) is 0 Å². The third-order valence-electron chi connectivity index (χ3n) is 1.26. The van der Waals surface area contributed by atoms with Gasteiger partial charge in [-0.25, -0.2) is 0 Å². The van der Waals surface area contributed by atoms with E-state index in [0.29, 0.717) is 0 Å². The van der Waals surface area contributed by atoms with E-state index in [0.717, 1.165) is 0 Å². The minimum Gasteiger partial charge on any atom is -0.459 e. The highest BCUT2D eigenvalue weighted by molar-refractivity contribution is 5.76. The van der Waals surface area contributed by atoms with Crippen LogP contribution in [0, 0.1) is 11.8 Å². The average Bonchev–Trinajstić information content (AvgIpc) is 2.01. The zero-order valence-corrected chi connectivity index (χ0v) is 8.96. The molecule has 4 nitrogen and oxygen atoms in total. The first kappa shape index (κ1) is 12.9. The molecule has 0 spiro atoms. The number of carbonyl (C=O) groups is 1. The van der Waals surface area contributed by atoms with E-state index >= 15 is 0 Å². The van der Waals surface area contributed by atoms with Crippen molar-refractivity contribution in [2.45, 2.75) is 38.8 Å². The van der Waals surface area contributed by atoms with Crippen LogP contribution in [-0.2, 0) is 9.53 Å². The summed E-state index contributed by atoms with van der Waals surface area (Å²) in [6.45, 7) is 5.66. The van der Waals surface area contributed by atoms with Crippen molar-refractivity contribution in [2.75, 3.05) is 6.54 Å². The van der Waals surface area contributed by atoms with Crippen LogP contribution in [-0.4, -0.2) is 24.2 Å². The van der Waals surface area contributed by atoms with Crippen molar-refractivity contribution >= 4 is 5.97 Å². The maximum absolute atomic E-state index is 11.3. The summed E-state index contributed by atoms with van der Waals surface area (Å²) in [7, 11) is 0. The molecule has 4 N–H and O–H groups in total. The predicted octanol–water partition coefficient (Wildman–Crippen LogP) is 0.00760. The van der Waals surface area contributed by atoms with Crippen molar-refractivity contribution < 1.29 is 9.53 Å². The monoisotopic (exact) mass is 198 g/mol. The molecule has 0 aromatic heterocycles. The first-order valence-corrected chi connectivity index (χ1v) is 4.51. The SMILES string of the molecule is CC(C)(C)OC(=O)C(N)CC#CCN. The van der Waals surface area contributed by atoms with Crippen molar-refractivity contribution in [3.05, 3.63) is 0 Å². The molecule has 0 amide bonds. The molecule has 0 saturated heterocycles. The van der Waals surface area contributed by atoms with Crippen LogP contribution < -0.4 is 11.5 Å². The summed E-state index contributed by atoms with van der Waals surface area (Å²) in [6, 6.07) is -0.687. The first-order chi connectivity index (χ1) is 6.37. The number of ether oxygens (including phenoxy) is 1. The molecular weight excluding hydrogens is 180 g/mol. The Balaban J connectivity index is 4.00. The lowest BCUT2D eigenvalue weighted by molar-refractivity contribution is -0.156. The van der Waals surface area contributed by atoms with E-state index in [-0.39, 0.29) is 13.0 Å². The highest BCUT2D eigenvalue weighted by Crippen LogP contribution is 2.08. The maximum Gasteiger partial charge on any atom is 0.324 e. The Bertz CT molecular complexity index is 245.